The van der Waals surface area contributed by atoms with E-state index in [-0.39, 0.29) is 11.2 Å². The van der Waals surface area contributed by atoms with Crippen molar-refractivity contribution >= 4 is 41.3 Å². The SMILES string of the molecule is CCCCC(Sc1n[nH]c(=S)s1)C(=O)OC. The van der Waals surface area contributed by atoms with E-state index < -0.39 is 0 Å². The highest BCUT2D eigenvalue weighted by Crippen LogP contribution is 2.28. The van der Waals surface area contributed by atoms with Gasteiger partial charge in [0.05, 0.1) is 7.11 Å². The van der Waals surface area contributed by atoms with Gasteiger partial charge < -0.3 is 4.74 Å². The zero-order valence-corrected chi connectivity index (χ0v) is 11.6. The average Bonchev–Trinajstić information content (AvgIpc) is 2.69. The Morgan fingerprint density at radius 2 is 2.50 bits per heavy atom. The van der Waals surface area contributed by atoms with Crippen LogP contribution in [0.15, 0.2) is 4.34 Å². The molecule has 0 fully saturated rings. The summed E-state index contributed by atoms with van der Waals surface area (Å²) in [6.07, 6.45) is 2.87. The van der Waals surface area contributed by atoms with Crippen molar-refractivity contribution in [1.82, 2.24) is 10.2 Å². The predicted molar refractivity (Wildman–Crippen MR) is 68.5 cm³/mol. The molecule has 7 heteroatoms. The lowest BCUT2D eigenvalue weighted by Crippen LogP contribution is -2.18. The molecule has 0 spiro atoms. The minimum Gasteiger partial charge on any atom is -0.468 e. The summed E-state index contributed by atoms with van der Waals surface area (Å²) >= 11 is 7.74. The number of ether oxygens (including phenoxy) is 1. The summed E-state index contributed by atoms with van der Waals surface area (Å²) in [6.45, 7) is 2.09. The number of thioether (sulfide) groups is 1. The molecular formula is C9H14N2O2S3. The zero-order valence-electron chi connectivity index (χ0n) is 9.19. The molecule has 0 amide bonds. The molecule has 0 saturated carbocycles. The van der Waals surface area contributed by atoms with Crippen LogP contribution in [0.4, 0.5) is 0 Å². The number of hydrogen-bond donors (Lipinski definition) is 1. The number of esters is 1. The molecule has 0 saturated heterocycles. The number of methoxy groups -OCH3 is 1. The third-order valence-electron chi connectivity index (χ3n) is 1.95. The minimum atomic E-state index is -0.195. The summed E-state index contributed by atoms with van der Waals surface area (Å²) < 4.78 is 6.18. The number of H-pyrrole nitrogens is 1. The third kappa shape index (κ3) is 4.23. The summed E-state index contributed by atoms with van der Waals surface area (Å²) in [5.74, 6) is -0.195. The van der Waals surface area contributed by atoms with Gasteiger partial charge in [0.2, 0.25) is 0 Å². The lowest BCUT2D eigenvalue weighted by molar-refractivity contribution is -0.140. The summed E-state index contributed by atoms with van der Waals surface area (Å²) in [7, 11) is 1.41. The Balaban J connectivity index is 2.62. The van der Waals surface area contributed by atoms with Crippen molar-refractivity contribution < 1.29 is 9.53 Å². The highest BCUT2D eigenvalue weighted by Gasteiger charge is 2.21. The van der Waals surface area contributed by atoms with Gasteiger partial charge in [-0.3, -0.25) is 9.89 Å². The van der Waals surface area contributed by atoms with Gasteiger partial charge in [-0.15, -0.1) is 0 Å². The molecular weight excluding hydrogens is 264 g/mol. The second kappa shape index (κ2) is 7.03. The number of nitrogens with one attached hydrogen (secondary N) is 1. The van der Waals surface area contributed by atoms with Crippen LogP contribution < -0.4 is 0 Å². The Bertz CT molecular complexity index is 388. The highest BCUT2D eigenvalue weighted by molar-refractivity contribution is 8.02. The molecule has 0 radical (unpaired) electrons. The lowest BCUT2D eigenvalue weighted by Gasteiger charge is -2.11. The first-order valence-corrected chi connectivity index (χ1v) is 7.07. The van der Waals surface area contributed by atoms with Crippen molar-refractivity contribution in [2.45, 2.75) is 35.8 Å². The number of aromatic nitrogens is 2. The van der Waals surface area contributed by atoms with Gasteiger partial charge in [-0.2, -0.15) is 5.10 Å². The first kappa shape index (κ1) is 13.7. The number of aromatic amines is 1. The van der Waals surface area contributed by atoms with Gasteiger partial charge in [-0.05, 0) is 18.6 Å². The van der Waals surface area contributed by atoms with Crippen molar-refractivity contribution in [2.75, 3.05) is 7.11 Å². The molecule has 0 aliphatic carbocycles. The molecule has 1 rings (SSSR count). The maximum absolute atomic E-state index is 11.5. The van der Waals surface area contributed by atoms with Crippen LogP contribution in [-0.4, -0.2) is 28.5 Å². The van der Waals surface area contributed by atoms with Crippen LogP contribution >= 0.6 is 35.3 Å². The molecule has 1 heterocycles. The van der Waals surface area contributed by atoms with E-state index in [0.29, 0.717) is 3.95 Å². The van der Waals surface area contributed by atoms with Crippen molar-refractivity contribution in [3.8, 4) is 0 Å². The van der Waals surface area contributed by atoms with Crippen LogP contribution in [0.5, 0.6) is 0 Å². The predicted octanol–water partition coefficient (Wildman–Crippen LogP) is 3.02. The first-order valence-electron chi connectivity index (χ1n) is 4.97. The van der Waals surface area contributed by atoms with Gasteiger partial charge in [0.25, 0.3) is 0 Å². The molecule has 0 bridgehead atoms. The third-order valence-corrected chi connectivity index (χ3v) is 4.37. The normalized spacial score (nSPS) is 12.4. The number of hydrogen-bond acceptors (Lipinski definition) is 6. The summed E-state index contributed by atoms with van der Waals surface area (Å²) in [6, 6.07) is 0. The van der Waals surface area contributed by atoms with Crippen molar-refractivity contribution in [2.24, 2.45) is 0 Å². The van der Waals surface area contributed by atoms with Gasteiger partial charge in [-0.25, -0.2) is 0 Å². The summed E-state index contributed by atoms with van der Waals surface area (Å²) in [5, 5.41) is 6.54. The van der Waals surface area contributed by atoms with Crippen molar-refractivity contribution in [1.29, 1.82) is 0 Å². The summed E-state index contributed by atoms with van der Waals surface area (Å²) in [5.41, 5.74) is 0. The van der Waals surface area contributed by atoms with Crippen LogP contribution in [0.1, 0.15) is 26.2 Å². The highest BCUT2D eigenvalue weighted by atomic mass is 32.2. The molecule has 90 valence electrons. The Kier molecular flexibility index (Phi) is 6.00. The Hall–Kier alpha value is -0.400. The standard InChI is InChI=1S/C9H14N2O2S3/c1-3-4-5-6(7(12)13-2)15-9-11-10-8(14)16-9/h6H,3-5H2,1-2H3,(H,10,14). The fraction of sp³-hybridized carbons (Fsp3) is 0.667. The molecule has 0 aromatic carbocycles. The van der Waals surface area contributed by atoms with E-state index in [4.69, 9.17) is 17.0 Å². The molecule has 1 atom stereocenters. The fourth-order valence-electron chi connectivity index (χ4n) is 1.13. The first-order chi connectivity index (χ1) is 7.67. The van der Waals surface area contributed by atoms with E-state index in [1.807, 2.05) is 0 Å². The number of nitrogens with zero attached hydrogens (tertiary/aromatic N) is 1. The largest absolute Gasteiger partial charge is 0.468 e. The van der Waals surface area contributed by atoms with Gasteiger partial charge in [0.15, 0.2) is 8.29 Å². The molecule has 1 aromatic rings. The number of rotatable bonds is 6. The van der Waals surface area contributed by atoms with Gasteiger partial charge in [0.1, 0.15) is 5.25 Å². The monoisotopic (exact) mass is 278 g/mol. The van der Waals surface area contributed by atoms with Crippen molar-refractivity contribution in [3.63, 3.8) is 0 Å². The number of carbonyl (C=O) groups is 1. The topological polar surface area (TPSA) is 55.0 Å². The van der Waals surface area contributed by atoms with E-state index in [0.717, 1.165) is 23.6 Å². The van der Waals surface area contributed by atoms with E-state index in [1.54, 1.807) is 0 Å². The van der Waals surface area contributed by atoms with Crippen molar-refractivity contribution in [3.05, 3.63) is 3.95 Å². The van der Waals surface area contributed by atoms with Crippen LogP contribution in [0.3, 0.4) is 0 Å². The smallest absolute Gasteiger partial charge is 0.319 e. The number of unbranched alkanes of at least 4 members (excludes halogenated alkanes) is 1. The quantitative estimate of drug-likeness (QED) is 0.492. The summed E-state index contributed by atoms with van der Waals surface area (Å²) in [4.78, 5) is 11.5. The average molecular weight is 278 g/mol. The molecule has 1 N–H and O–H groups in total. The fourth-order valence-corrected chi connectivity index (χ4v) is 3.53. The van der Waals surface area contributed by atoms with E-state index in [1.165, 1.54) is 30.2 Å². The maximum atomic E-state index is 11.5. The van der Waals surface area contributed by atoms with Gasteiger partial charge in [0, 0.05) is 0 Å². The van der Waals surface area contributed by atoms with E-state index in [2.05, 4.69) is 17.1 Å². The van der Waals surface area contributed by atoms with Gasteiger partial charge in [-0.1, -0.05) is 42.9 Å². The van der Waals surface area contributed by atoms with Crippen LogP contribution in [-0.2, 0) is 9.53 Å². The Morgan fingerprint density at radius 1 is 1.75 bits per heavy atom. The molecule has 1 aromatic heterocycles. The molecule has 16 heavy (non-hydrogen) atoms. The maximum Gasteiger partial charge on any atom is 0.319 e. The van der Waals surface area contributed by atoms with Crippen LogP contribution in [0.25, 0.3) is 0 Å². The Morgan fingerprint density at radius 3 is 3.00 bits per heavy atom. The minimum absolute atomic E-state index is 0.182. The second-order valence-electron chi connectivity index (χ2n) is 3.15. The lowest BCUT2D eigenvalue weighted by atomic mass is 10.2. The van der Waals surface area contributed by atoms with Crippen LogP contribution in [0.2, 0.25) is 0 Å². The van der Waals surface area contributed by atoms with E-state index in [9.17, 15) is 4.79 Å². The molecule has 0 aliphatic heterocycles. The second-order valence-corrected chi connectivity index (χ2v) is 6.27. The molecule has 4 nitrogen and oxygen atoms in total. The number of carbonyl (C=O) groups excluding carboxylic acids is 1. The van der Waals surface area contributed by atoms with E-state index >= 15 is 0 Å². The van der Waals surface area contributed by atoms with Gasteiger partial charge >= 0.3 is 5.97 Å². The molecule has 1 unspecified atom stereocenters. The van der Waals surface area contributed by atoms with Crippen LogP contribution in [0, 0.1) is 3.95 Å². The zero-order chi connectivity index (χ0) is 12.0. The molecule has 0 aliphatic rings. The Labute approximate surface area is 108 Å².